The minimum absolute atomic E-state index is 0.599. The van der Waals surface area contributed by atoms with Crippen LogP contribution in [0.5, 0.6) is 0 Å². The zero-order valence-corrected chi connectivity index (χ0v) is 12.1. The number of rotatable bonds is 3. The Morgan fingerprint density at radius 3 is 2.90 bits per heavy atom. The van der Waals surface area contributed by atoms with Crippen LogP contribution in [-0.4, -0.2) is 15.8 Å². The summed E-state index contributed by atoms with van der Waals surface area (Å²) in [6.07, 6.45) is 9.26. The fourth-order valence-electron chi connectivity index (χ4n) is 3.86. The summed E-state index contributed by atoms with van der Waals surface area (Å²) in [5.74, 6) is 1.77. The molecule has 0 spiro atoms. The molecule has 1 heterocycles. The van der Waals surface area contributed by atoms with Crippen molar-refractivity contribution in [1.29, 1.82) is 0 Å². The van der Waals surface area contributed by atoms with Crippen molar-refractivity contribution in [2.75, 3.05) is 5.32 Å². The maximum atomic E-state index is 6.17. The maximum absolute atomic E-state index is 6.17. The highest BCUT2D eigenvalue weighted by Crippen LogP contribution is 2.46. The van der Waals surface area contributed by atoms with Gasteiger partial charge in [0.05, 0.1) is 11.4 Å². The van der Waals surface area contributed by atoms with E-state index in [2.05, 4.69) is 10.4 Å². The van der Waals surface area contributed by atoms with Gasteiger partial charge in [0, 0.05) is 23.5 Å². The Bertz CT molecular complexity index is 608. The molecular formula is C16H18ClN3. The lowest BCUT2D eigenvalue weighted by molar-refractivity contribution is 0.439. The summed E-state index contributed by atoms with van der Waals surface area (Å²) in [6.45, 7) is 0. The van der Waals surface area contributed by atoms with Crippen LogP contribution in [0.1, 0.15) is 25.7 Å². The van der Waals surface area contributed by atoms with Gasteiger partial charge >= 0.3 is 0 Å². The molecule has 2 aliphatic rings. The number of fused-ring (bicyclic) bond motifs is 2. The molecule has 2 bridgehead atoms. The van der Waals surface area contributed by atoms with E-state index in [0.717, 1.165) is 28.2 Å². The first-order valence-corrected chi connectivity index (χ1v) is 7.73. The van der Waals surface area contributed by atoms with Crippen LogP contribution in [0.25, 0.3) is 5.69 Å². The lowest BCUT2D eigenvalue weighted by atomic mass is 9.95. The molecule has 1 N–H and O–H groups in total. The van der Waals surface area contributed by atoms with Gasteiger partial charge in [-0.25, -0.2) is 4.68 Å². The third kappa shape index (κ3) is 2.10. The molecule has 0 radical (unpaired) electrons. The van der Waals surface area contributed by atoms with Gasteiger partial charge in [-0.05, 0) is 55.4 Å². The van der Waals surface area contributed by atoms with Crippen LogP contribution in [0.4, 0.5) is 5.69 Å². The molecule has 2 saturated carbocycles. The standard InChI is InChI=1S/C16H18ClN3/c17-13-4-5-16(20-7-1-6-18-20)15(10-13)19-14-9-11-2-3-12(14)8-11/h1,4-7,10-12,14,19H,2-3,8-9H2. The summed E-state index contributed by atoms with van der Waals surface area (Å²) in [5.41, 5.74) is 2.17. The first kappa shape index (κ1) is 12.3. The van der Waals surface area contributed by atoms with E-state index in [1.54, 1.807) is 6.20 Å². The molecule has 20 heavy (non-hydrogen) atoms. The number of benzene rings is 1. The van der Waals surface area contributed by atoms with Crippen molar-refractivity contribution >= 4 is 17.3 Å². The van der Waals surface area contributed by atoms with E-state index in [1.807, 2.05) is 35.1 Å². The van der Waals surface area contributed by atoms with Gasteiger partial charge in [0.25, 0.3) is 0 Å². The third-order valence-electron chi connectivity index (χ3n) is 4.79. The summed E-state index contributed by atoms with van der Waals surface area (Å²) in [6, 6.07) is 8.51. The molecule has 2 fully saturated rings. The highest BCUT2D eigenvalue weighted by Gasteiger charge is 2.39. The summed E-state index contributed by atoms with van der Waals surface area (Å²) in [5, 5.41) is 8.83. The van der Waals surface area contributed by atoms with Gasteiger partial charge in [-0.1, -0.05) is 18.0 Å². The van der Waals surface area contributed by atoms with Crippen LogP contribution in [0, 0.1) is 11.8 Å². The maximum Gasteiger partial charge on any atom is 0.0877 e. The number of hydrogen-bond donors (Lipinski definition) is 1. The topological polar surface area (TPSA) is 29.9 Å². The zero-order valence-electron chi connectivity index (χ0n) is 11.3. The Kier molecular flexibility index (Phi) is 2.95. The molecule has 2 aromatic rings. The molecule has 0 saturated heterocycles. The molecule has 0 aliphatic heterocycles. The number of hydrogen-bond acceptors (Lipinski definition) is 2. The van der Waals surface area contributed by atoms with E-state index >= 15 is 0 Å². The van der Waals surface area contributed by atoms with Crippen LogP contribution in [0.3, 0.4) is 0 Å². The lowest BCUT2D eigenvalue weighted by Crippen LogP contribution is -2.26. The summed E-state index contributed by atoms with van der Waals surface area (Å²) < 4.78 is 1.89. The van der Waals surface area contributed by atoms with Crippen LogP contribution < -0.4 is 5.32 Å². The molecule has 4 heteroatoms. The fourth-order valence-corrected chi connectivity index (χ4v) is 4.03. The quantitative estimate of drug-likeness (QED) is 0.920. The number of nitrogens with zero attached hydrogens (tertiary/aromatic N) is 2. The normalized spacial score (nSPS) is 27.9. The second-order valence-electron chi connectivity index (χ2n) is 6.04. The van der Waals surface area contributed by atoms with Crippen molar-refractivity contribution in [2.45, 2.75) is 31.7 Å². The van der Waals surface area contributed by atoms with Gasteiger partial charge in [-0.15, -0.1) is 0 Å². The Morgan fingerprint density at radius 1 is 1.25 bits per heavy atom. The van der Waals surface area contributed by atoms with E-state index in [4.69, 9.17) is 11.6 Å². The van der Waals surface area contributed by atoms with E-state index in [0.29, 0.717) is 6.04 Å². The van der Waals surface area contributed by atoms with Crippen LogP contribution >= 0.6 is 11.6 Å². The Labute approximate surface area is 123 Å². The van der Waals surface area contributed by atoms with Crippen molar-refractivity contribution in [3.8, 4) is 5.69 Å². The predicted octanol–water partition coefficient (Wildman–Crippen LogP) is 4.13. The second kappa shape index (κ2) is 4.81. The largest absolute Gasteiger partial charge is 0.380 e. The Morgan fingerprint density at radius 2 is 2.20 bits per heavy atom. The van der Waals surface area contributed by atoms with Gasteiger partial charge < -0.3 is 5.32 Å². The van der Waals surface area contributed by atoms with E-state index in [9.17, 15) is 0 Å². The van der Waals surface area contributed by atoms with Crippen LogP contribution in [0.2, 0.25) is 5.02 Å². The first-order chi connectivity index (χ1) is 9.79. The molecule has 3 atom stereocenters. The fraction of sp³-hybridized carbons (Fsp3) is 0.438. The smallest absolute Gasteiger partial charge is 0.0877 e. The highest BCUT2D eigenvalue weighted by molar-refractivity contribution is 6.31. The highest BCUT2D eigenvalue weighted by atomic mass is 35.5. The number of halogens is 1. The number of nitrogens with one attached hydrogen (secondary N) is 1. The van der Waals surface area contributed by atoms with Crippen LogP contribution in [0.15, 0.2) is 36.7 Å². The first-order valence-electron chi connectivity index (χ1n) is 7.36. The van der Waals surface area contributed by atoms with Crippen molar-refractivity contribution in [2.24, 2.45) is 11.8 Å². The number of anilines is 1. The minimum atomic E-state index is 0.599. The number of aromatic nitrogens is 2. The van der Waals surface area contributed by atoms with Crippen molar-refractivity contribution in [1.82, 2.24) is 9.78 Å². The average Bonchev–Trinajstić information content (AvgIpc) is 3.16. The molecule has 104 valence electrons. The lowest BCUT2D eigenvalue weighted by Gasteiger charge is -2.25. The zero-order chi connectivity index (χ0) is 13.5. The molecule has 4 rings (SSSR count). The summed E-state index contributed by atoms with van der Waals surface area (Å²) >= 11 is 6.17. The van der Waals surface area contributed by atoms with Gasteiger partial charge in [0.15, 0.2) is 0 Å². The molecular weight excluding hydrogens is 270 g/mol. The van der Waals surface area contributed by atoms with E-state index in [-0.39, 0.29) is 0 Å². The minimum Gasteiger partial charge on any atom is -0.380 e. The molecule has 1 aromatic carbocycles. The predicted molar refractivity (Wildman–Crippen MR) is 81.4 cm³/mol. The van der Waals surface area contributed by atoms with Gasteiger partial charge in [0.2, 0.25) is 0 Å². The van der Waals surface area contributed by atoms with Gasteiger partial charge in [-0.2, -0.15) is 5.10 Å². The third-order valence-corrected chi connectivity index (χ3v) is 5.02. The van der Waals surface area contributed by atoms with Crippen molar-refractivity contribution < 1.29 is 0 Å². The molecule has 2 aliphatic carbocycles. The van der Waals surface area contributed by atoms with Crippen molar-refractivity contribution in [3.63, 3.8) is 0 Å². The Balaban J connectivity index is 1.65. The van der Waals surface area contributed by atoms with Crippen LogP contribution in [-0.2, 0) is 0 Å². The summed E-state index contributed by atoms with van der Waals surface area (Å²) in [4.78, 5) is 0. The van der Waals surface area contributed by atoms with Crippen molar-refractivity contribution in [3.05, 3.63) is 41.7 Å². The Hall–Kier alpha value is -1.48. The molecule has 3 nitrogen and oxygen atoms in total. The summed E-state index contributed by atoms with van der Waals surface area (Å²) in [7, 11) is 0. The molecule has 1 aromatic heterocycles. The second-order valence-corrected chi connectivity index (χ2v) is 6.47. The van der Waals surface area contributed by atoms with E-state index in [1.165, 1.54) is 25.7 Å². The van der Waals surface area contributed by atoms with Gasteiger partial charge in [-0.3, -0.25) is 0 Å². The average molecular weight is 288 g/mol. The monoisotopic (exact) mass is 287 g/mol. The molecule has 0 amide bonds. The van der Waals surface area contributed by atoms with Gasteiger partial charge in [0.1, 0.15) is 0 Å². The van der Waals surface area contributed by atoms with E-state index < -0.39 is 0 Å². The molecule has 3 unspecified atom stereocenters. The SMILES string of the molecule is Clc1ccc(-n2cccn2)c(NC2CC3CCC2C3)c1.